The van der Waals surface area contributed by atoms with E-state index in [1.807, 2.05) is 19.1 Å². The van der Waals surface area contributed by atoms with Crippen LogP contribution < -0.4 is 4.90 Å². The van der Waals surface area contributed by atoms with Crippen molar-refractivity contribution in [2.75, 3.05) is 18.0 Å². The SMILES string of the molecule is Cc1cccnc1-c1nc(-c2cc3c4c(c2O)C(C)(C)CCN4CCC3(C)C)n[nH]1. The smallest absolute Gasteiger partial charge is 0.185 e. The number of H-pyrrole nitrogens is 1. The van der Waals surface area contributed by atoms with Crippen molar-refractivity contribution in [1.29, 1.82) is 0 Å². The third kappa shape index (κ3) is 2.73. The van der Waals surface area contributed by atoms with Crippen molar-refractivity contribution in [3.8, 4) is 28.7 Å². The summed E-state index contributed by atoms with van der Waals surface area (Å²) in [6, 6.07) is 6.02. The molecule has 6 nitrogen and oxygen atoms in total. The summed E-state index contributed by atoms with van der Waals surface area (Å²) in [5, 5.41) is 19.0. The van der Waals surface area contributed by atoms with Crippen LogP contribution in [-0.4, -0.2) is 38.4 Å². The van der Waals surface area contributed by atoms with Crippen LogP contribution in [0.2, 0.25) is 0 Å². The molecule has 0 amide bonds. The van der Waals surface area contributed by atoms with Gasteiger partial charge in [-0.1, -0.05) is 33.8 Å². The maximum absolute atomic E-state index is 11.5. The lowest BCUT2D eigenvalue weighted by atomic mass is 9.68. The molecule has 2 aliphatic heterocycles. The zero-order valence-corrected chi connectivity index (χ0v) is 18.4. The average Bonchev–Trinajstić information content (AvgIpc) is 3.16. The Labute approximate surface area is 177 Å². The molecule has 156 valence electrons. The molecule has 2 aliphatic rings. The zero-order chi connectivity index (χ0) is 21.3. The number of hydrogen-bond acceptors (Lipinski definition) is 5. The summed E-state index contributed by atoms with van der Waals surface area (Å²) < 4.78 is 0. The Bertz CT molecular complexity index is 1140. The molecule has 0 bridgehead atoms. The number of aryl methyl sites for hydroxylation is 1. The van der Waals surface area contributed by atoms with Crippen LogP contribution in [-0.2, 0) is 10.8 Å². The number of nitrogens with one attached hydrogen (secondary N) is 1. The monoisotopic (exact) mass is 403 g/mol. The number of aromatic hydroxyl groups is 1. The number of aromatic nitrogens is 4. The molecule has 0 spiro atoms. The standard InChI is InChI=1S/C24H29N5O/c1-14-7-6-10-25-18(14)22-26-21(27-28-22)15-13-16-19-17(20(15)30)24(4,5)9-12-29(19)11-8-23(16,2)3/h6-7,10,13,30H,8-9,11-12H2,1-5H3,(H,26,27,28). The van der Waals surface area contributed by atoms with E-state index in [-0.39, 0.29) is 10.8 Å². The van der Waals surface area contributed by atoms with E-state index in [1.165, 1.54) is 11.3 Å². The van der Waals surface area contributed by atoms with E-state index in [0.29, 0.717) is 23.0 Å². The van der Waals surface area contributed by atoms with E-state index in [9.17, 15) is 5.11 Å². The van der Waals surface area contributed by atoms with Gasteiger partial charge in [0.05, 0.1) is 5.56 Å². The Morgan fingerprint density at radius 3 is 2.57 bits per heavy atom. The summed E-state index contributed by atoms with van der Waals surface area (Å²) in [7, 11) is 0. The molecule has 1 aromatic carbocycles. The van der Waals surface area contributed by atoms with Crippen LogP contribution in [0.25, 0.3) is 22.9 Å². The Balaban J connectivity index is 1.73. The molecule has 0 saturated heterocycles. The average molecular weight is 404 g/mol. The highest BCUT2D eigenvalue weighted by Crippen LogP contribution is 2.54. The highest BCUT2D eigenvalue weighted by Gasteiger charge is 2.42. The van der Waals surface area contributed by atoms with Crippen molar-refractivity contribution < 1.29 is 5.11 Å². The highest BCUT2D eigenvalue weighted by molar-refractivity contribution is 5.81. The van der Waals surface area contributed by atoms with Crippen molar-refractivity contribution in [2.24, 2.45) is 0 Å². The number of anilines is 1. The predicted molar refractivity (Wildman–Crippen MR) is 119 cm³/mol. The zero-order valence-electron chi connectivity index (χ0n) is 18.4. The van der Waals surface area contributed by atoms with Gasteiger partial charge in [0.1, 0.15) is 11.4 Å². The van der Waals surface area contributed by atoms with Gasteiger partial charge in [0.15, 0.2) is 11.6 Å². The highest BCUT2D eigenvalue weighted by atomic mass is 16.3. The molecule has 2 N–H and O–H groups in total. The van der Waals surface area contributed by atoms with Crippen LogP contribution in [0.15, 0.2) is 24.4 Å². The van der Waals surface area contributed by atoms with Gasteiger partial charge in [-0.15, -0.1) is 0 Å². The minimum atomic E-state index is -0.106. The Morgan fingerprint density at radius 1 is 1.10 bits per heavy atom. The summed E-state index contributed by atoms with van der Waals surface area (Å²) >= 11 is 0. The quantitative estimate of drug-likeness (QED) is 0.647. The second kappa shape index (κ2) is 6.30. The van der Waals surface area contributed by atoms with Crippen molar-refractivity contribution in [3.63, 3.8) is 0 Å². The molecule has 5 rings (SSSR count). The first kappa shape index (κ1) is 19.1. The van der Waals surface area contributed by atoms with Crippen molar-refractivity contribution in [2.45, 2.75) is 58.3 Å². The molecule has 4 heterocycles. The van der Waals surface area contributed by atoms with Crippen molar-refractivity contribution in [1.82, 2.24) is 20.2 Å². The molecule has 0 aliphatic carbocycles. The molecule has 0 radical (unpaired) electrons. The van der Waals surface area contributed by atoms with Gasteiger partial charge < -0.3 is 10.0 Å². The number of benzene rings is 1. The van der Waals surface area contributed by atoms with Crippen molar-refractivity contribution >= 4 is 5.69 Å². The summed E-state index contributed by atoms with van der Waals surface area (Å²) in [5.74, 6) is 1.44. The van der Waals surface area contributed by atoms with Gasteiger partial charge in [-0.3, -0.25) is 10.1 Å². The van der Waals surface area contributed by atoms with Gasteiger partial charge in [-0.05, 0) is 53.9 Å². The Hall–Kier alpha value is -2.89. The summed E-state index contributed by atoms with van der Waals surface area (Å²) in [6.45, 7) is 13.1. The third-order valence-corrected chi connectivity index (χ3v) is 6.97. The van der Waals surface area contributed by atoms with Crippen LogP contribution in [0, 0.1) is 6.92 Å². The lowest BCUT2D eigenvalue weighted by Crippen LogP contribution is -2.44. The minimum Gasteiger partial charge on any atom is -0.507 e. The lowest BCUT2D eigenvalue weighted by molar-refractivity contribution is 0.379. The Kier molecular flexibility index (Phi) is 4.01. The second-order valence-corrected chi connectivity index (χ2v) is 9.98. The topological polar surface area (TPSA) is 77.9 Å². The number of aromatic amines is 1. The van der Waals surface area contributed by atoms with E-state index in [2.05, 4.69) is 53.8 Å². The van der Waals surface area contributed by atoms with Crippen LogP contribution in [0.4, 0.5) is 5.69 Å². The van der Waals surface area contributed by atoms with E-state index >= 15 is 0 Å². The van der Waals surface area contributed by atoms with Gasteiger partial charge >= 0.3 is 0 Å². The van der Waals surface area contributed by atoms with Gasteiger partial charge in [0.25, 0.3) is 0 Å². The summed E-state index contributed by atoms with van der Waals surface area (Å²) in [4.78, 5) is 11.6. The fraction of sp³-hybridized carbons (Fsp3) is 0.458. The molecule has 3 aromatic rings. The van der Waals surface area contributed by atoms with E-state index in [0.717, 1.165) is 42.8 Å². The molecular formula is C24H29N5O. The predicted octanol–water partition coefficient (Wildman–Crippen LogP) is 4.72. The van der Waals surface area contributed by atoms with E-state index in [4.69, 9.17) is 4.98 Å². The van der Waals surface area contributed by atoms with E-state index < -0.39 is 0 Å². The molecule has 6 heteroatoms. The molecule has 0 atom stereocenters. The molecule has 2 aromatic heterocycles. The van der Waals surface area contributed by atoms with Gasteiger partial charge in [-0.2, -0.15) is 5.10 Å². The van der Waals surface area contributed by atoms with Crippen LogP contribution in [0.3, 0.4) is 0 Å². The second-order valence-electron chi connectivity index (χ2n) is 9.98. The van der Waals surface area contributed by atoms with Gasteiger partial charge in [0, 0.05) is 30.5 Å². The number of rotatable bonds is 2. The van der Waals surface area contributed by atoms with Gasteiger partial charge in [0.2, 0.25) is 0 Å². The van der Waals surface area contributed by atoms with Crippen LogP contribution in [0.1, 0.15) is 57.2 Å². The van der Waals surface area contributed by atoms with E-state index in [1.54, 1.807) is 6.20 Å². The van der Waals surface area contributed by atoms with Crippen molar-refractivity contribution in [3.05, 3.63) is 41.1 Å². The maximum atomic E-state index is 11.5. The fourth-order valence-corrected chi connectivity index (χ4v) is 4.96. The molecule has 30 heavy (non-hydrogen) atoms. The summed E-state index contributed by atoms with van der Waals surface area (Å²) in [5.41, 5.74) is 5.98. The number of nitrogens with zero attached hydrogens (tertiary/aromatic N) is 4. The van der Waals surface area contributed by atoms with Crippen LogP contribution >= 0.6 is 0 Å². The molecule has 0 unspecified atom stereocenters. The first-order chi connectivity index (χ1) is 14.2. The molecule has 0 saturated carbocycles. The fourth-order valence-electron chi connectivity index (χ4n) is 4.96. The maximum Gasteiger partial charge on any atom is 0.185 e. The molecule has 0 fully saturated rings. The number of phenolic OH excluding ortho intramolecular Hbond substituents is 1. The first-order valence-corrected chi connectivity index (χ1v) is 10.7. The first-order valence-electron chi connectivity index (χ1n) is 10.7. The Morgan fingerprint density at radius 2 is 1.83 bits per heavy atom. The van der Waals surface area contributed by atoms with Gasteiger partial charge in [-0.25, -0.2) is 4.98 Å². The lowest BCUT2D eigenvalue weighted by Gasteiger charge is -2.48. The number of pyridine rings is 1. The van der Waals surface area contributed by atoms with Crippen LogP contribution in [0.5, 0.6) is 5.75 Å². The largest absolute Gasteiger partial charge is 0.507 e. The third-order valence-electron chi connectivity index (χ3n) is 6.97. The number of phenols is 1. The number of hydrogen-bond donors (Lipinski definition) is 2. The molecular weight excluding hydrogens is 374 g/mol. The minimum absolute atomic E-state index is 0.0349. The normalized spacial score (nSPS) is 18.9. The summed E-state index contributed by atoms with van der Waals surface area (Å²) in [6.07, 6.45) is 3.87.